The molecule has 5 heterocycles. The van der Waals surface area contributed by atoms with Crippen molar-refractivity contribution in [1.29, 1.82) is 0 Å². The van der Waals surface area contributed by atoms with E-state index in [9.17, 15) is 4.79 Å². The summed E-state index contributed by atoms with van der Waals surface area (Å²) in [4.78, 5) is 35.3. The Bertz CT molecular complexity index is 2760. The molecule has 0 spiro atoms. The summed E-state index contributed by atoms with van der Waals surface area (Å²) in [6, 6.07) is 46.7. The van der Waals surface area contributed by atoms with Gasteiger partial charge in [-0.2, -0.15) is 0 Å². The van der Waals surface area contributed by atoms with E-state index in [2.05, 4.69) is 54.6 Å². The largest absolute Gasteiger partial charge is 2.00 e. The molecule has 7 aromatic rings. The Morgan fingerprint density at radius 2 is 0.824 bits per heavy atom. The summed E-state index contributed by atoms with van der Waals surface area (Å²) in [6.07, 6.45) is 6.08. The molecule has 10 rings (SSSR count). The van der Waals surface area contributed by atoms with Crippen LogP contribution in [-0.2, 0) is 16.5 Å². The molecule has 0 saturated carbocycles. The summed E-state index contributed by atoms with van der Waals surface area (Å²) in [7, 11) is 0. The van der Waals surface area contributed by atoms with Gasteiger partial charge in [0, 0.05) is 5.56 Å². The van der Waals surface area contributed by atoms with Crippen molar-refractivity contribution in [3.05, 3.63) is 168 Å². The third-order valence-corrected chi connectivity index (χ3v) is 9.59. The first-order valence-electron chi connectivity index (χ1n) is 16.6. The number of ketones is 1. The fourth-order valence-electron chi connectivity index (χ4n) is 7.36. The van der Waals surface area contributed by atoms with E-state index in [1.54, 1.807) is 0 Å². The first kappa shape index (κ1) is 30.7. The van der Waals surface area contributed by atoms with Gasteiger partial charge in [0.2, 0.25) is 0 Å². The van der Waals surface area contributed by atoms with Crippen LogP contribution in [0.2, 0.25) is 0 Å². The SMILES string of the molecule is O=C1C2=Cc3nc2c(c2ccc([n-]2)c(-c2ccccc2)c2nc(c(-c4ccccc4)c4ccc([n-]4)c3-c3ccccc3)C=C2)-c2ccccc21.[Ni+2]. The van der Waals surface area contributed by atoms with Crippen LogP contribution < -0.4 is 9.97 Å². The number of carbonyl (C=O) groups is 1. The van der Waals surface area contributed by atoms with Crippen LogP contribution in [0.3, 0.4) is 0 Å². The van der Waals surface area contributed by atoms with Gasteiger partial charge in [-0.25, -0.2) is 9.97 Å². The molecule has 5 nitrogen and oxygen atoms in total. The van der Waals surface area contributed by atoms with Gasteiger partial charge >= 0.3 is 16.5 Å². The molecule has 0 saturated heterocycles. The molecule has 0 amide bonds. The van der Waals surface area contributed by atoms with Crippen LogP contribution in [0.25, 0.3) is 90.4 Å². The van der Waals surface area contributed by atoms with Crippen molar-refractivity contribution in [2.24, 2.45) is 0 Å². The van der Waals surface area contributed by atoms with E-state index in [0.29, 0.717) is 22.5 Å². The molecule has 0 atom stereocenters. The van der Waals surface area contributed by atoms with Crippen molar-refractivity contribution in [2.75, 3.05) is 0 Å². The van der Waals surface area contributed by atoms with Crippen molar-refractivity contribution in [2.45, 2.75) is 0 Å². The smallest absolute Gasteiger partial charge is 0.657 e. The molecular formula is C45H26N4NiO. The molecule has 1 aliphatic carbocycles. The third kappa shape index (κ3) is 4.95. The Morgan fingerprint density at radius 3 is 1.31 bits per heavy atom. The molecule has 242 valence electrons. The standard InChI is InChI=1S/C45H27N4O.Ni/c50-45-31-19-11-10-18-30(31)43-38-25-24-36(48-38)41(28-14-6-2-7-15-28)34-21-20-33(46-34)40(27-12-4-1-5-13-27)35-22-23-37(47-35)42(29-16-8-3-9-17-29)39-26-32(45)44(43)49-39;/h1-26H,(H-,46,47,48,49,50);/q-1;+2/p-1. The number of fused-ring (bicyclic) bond motifs is 10. The Hall–Kier alpha value is -6.36. The van der Waals surface area contributed by atoms with Gasteiger partial charge in [0.1, 0.15) is 0 Å². The topological polar surface area (TPSA) is 71.1 Å². The zero-order valence-electron chi connectivity index (χ0n) is 27.0. The minimum absolute atomic E-state index is 0. The summed E-state index contributed by atoms with van der Waals surface area (Å²) < 4.78 is 0. The minimum atomic E-state index is -0.0456. The molecule has 3 aromatic heterocycles. The average molecular weight is 697 g/mol. The summed E-state index contributed by atoms with van der Waals surface area (Å²) in [5.41, 5.74) is 14.7. The predicted octanol–water partition coefficient (Wildman–Crippen LogP) is 10.1. The van der Waals surface area contributed by atoms with Crippen molar-refractivity contribution >= 4 is 51.7 Å². The molecule has 6 heteroatoms. The molecule has 0 fully saturated rings. The van der Waals surface area contributed by atoms with E-state index in [4.69, 9.17) is 19.9 Å². The monoisotopic (exact) mass is 696 g/mol. The normalized spacial score (nSPS) is 12.6. The second-order valence-corrected chi connectivity index (χ2v) is 12.5. The maximum atomic E-state index is 14.2. The van der Waals surface area contributed by atoms with E-state index in [-0.39, 0.29) is 22.3 Å². The fourth-order valence-corrected chi connectivity index (χ4v) is 7.36. The van der Waals surface area contributed by atoms with Crippen LogP contribution in [0, 0.1) is 0 Å². The van der Waals surface area contributed by atoms with Gasteiger partial charge in [-0.1, -0.05) is 140 Å². The average Bonchev–Trinajstić information content (AvgIpc) is 4.00. The number of Topliss-reactive ketones (excluding diaryl/α,β-unsaturated/α-hetero) is 1. The van der Waals surface area contributed by atoms with Crippen molar-refractivity contribution in [1.82, 2.24) is 19.9 Å². The van der Waals surface area contributed by atoms with Gasteiger partial charge in [-0.05, 0) is 62.7 Å². The van der Waals surface area contributed by atoms with Gasteiger partial charge in [0.15, 0.2) is 5.78 Å². The molecule has 8 bridgehead atoms. The second kappa shape index (κ2) is 12.2. The second-order valence-electron chi connectivity index (χ2n) is 12.5. The summed E-state index contributed by atoms with van der Waals surface area (Å²) in [5, 5.41) is 0. The molecule has 0 radical (unpaired) electrons. The minimum Gasteiger partial charge on any atom is -0.657 e. The Morgan fingerprint density at radius 1 is 0.412 bits per heavy atom. The maximum Gasteiger partial charge on any atom is 2.00 e. The molecule has 0 unspecified atom stereocenters. The number of aromatic nitrogens is 4. The molecule has 2 aliphatic heterocycles. The van der Waals surface area contributed by atoms with Crippen LogP contribution in [0.4, 0.5) is 0 Å². The first-order valence-corrected chi connectivity index (χ1v) is 16.6. The number of carbonyl (C=O) groups excluding carboxylic acids is 1. The Labute approximate surface area is 304 Å². The predicted molar refractivity (Wildman–Crippen MR) is 202 cm³/mol. The number of benzene rings is 4. The molecule has 51 heavy (non-hydrogen) atoms. The van der Waals surface area contributed by atoms with E-state index >= 15 is 0 Å². The van der Waals surface area contributed by atoms with Crippen LogP contribution in [0.15, 0.2) is 140 Å². The number of rotatable bonds is 3. The number of hydrogen-bond acceptors (Lipinski definition) is 3. The molecule has 0 N–H and O–H groups in total. The quantitative estimate of drug-likeness (QED) is 0.172. The molecule has 3 aliphatic rings. The zero-order chi connectivity index (χ0) is 33.2. The van der Waals surface area contributed by atoms with Gasteiger partial charge in [0.05, 0.1) is 28.3 Å². The van der Waals surface area contributed by atoms with Crippen LogP contribution in [0.1, 0.15) is 33.1 Å². The first-order chi connectivity index (χ1) is 24.7. The number of nitrogens with zero attached hydrogens (tertiary/aromatic N) is 4. The number of allylic oxidation sites excluding steroid dienone is 1. The van der Waals surface area contributed by atoms with E-state index in [0.717, 1.165) is 78.0 Å². The summed E-state index contributed by atoms with van der Waals surface area (Å²) >= 11 is 0. The Kier molecular flexibility index (Phi) is 7.34. The van der Waals surface area contributed by atoms with Gasteiger partial charge in [-0.3, -0.25) is 4.79 Å². The fraction of sp³-hybridized carbons (Fsp3) is 0. The van der Waals surface area contributed by atoms with E-state index in [1.165, 1.54) is 0 Å². The van der Waals surface area contributed by atoms with E-state index < -0.39 is 0 Å². The van der Waals surface area contributed by atoms with Gasteiger partial charge in [0.25, 0.3) is 0 Å². The van der Waals surface area contributed by atoms with Crippen molar-refractivity contribution in [3.63, 3.8) is 0 Å². The molecule has 4 aromatic carbocycles. The van der Waals surface area contributed by atoms with Crippen molar-refractivity contribution in [3.8, 4) is 44.5 Å². The van der Waals surface area contributed by atoms with Crippen LogP contribution in [-0.4, -0.2) is 15.8 Å². The number of hydrogen-bond donors (Lipinski definition) is 0. The van der Waals surface area contributed by atoms with Gasteiger partial charge < -0.3 is 9.97 Å². The van der Waals surface area contributed by atoms with Crippen LogP contribution >= 0.6 is 0 Å². The van der Waals surface area contributed by atoms with Crippen molar-refractivity contribution < 1.29 is 21.3 Å². The summed E-state index contributed by atoms with van der Waals surface area (Å²) in [6.45, 7) is 0. The third-order valence-electron chi connectivity index (χ3n) is 9.59. The maximum absolute atomic E-state index is 14.2. The Balaban J connectivity index is 0.00000348. The summed E-state index contributed by atoms with van der Waals surface area (Å²) in [5.74, 6) is -0.0456. The zero-order valence-corrected chi connectivity index (χ0v) is 28.0. The van der Waals surface area contributed by atoms with Gasteiger partial charge in [-0.15, -0.1) is 22.1 Å². The van der Waals surface area contributed by atoms with E-state index in [1.807, 2.05) is 103 Å². The molecular weight excluding hydrogens is 671 g/mol. The van der Waals surface area contributed by atoms with Crippen LogP contribution in [0.5, 0.6) is 0 Å².